The summed E-state index contributed by atoms with van der Waals surface area (Å²) in [4.78, 5) is 3.60. The lowest BCUT2D eigenvalue weighted by Crippen LogP contribution is -2.11. The number of nitrogens with one attached hydrogen (secondary N) is 1. The minimum atomic E-state index is -0.927. The molecule has 0 spiro atoms. The molecule has 0 fully saturated rings. The number of halogens is 3. The standard InChI is InChI=1S/C12H10ClF2N3O/c1-6-4-7(2-3-8(6)13)19-12-10(15)5-9(14)11(17-12)18-16/h2-5H,16H2,1H3,(H,17,18). The molecule has 0 amide bonds. The van der Waals surface area contributed by atoms with Crippen molar-refractivity contribution in [3.8, 4) is 11.6 Å². The molecule has 0 radical (unpaired) electrons. The van der Waals surface area contributed by atoms with E-state index in [1.54, 1.807) is 25.1 Å². The van der Waals surface area contributed by atoms with E-state index >= 15 is 0 Å². The average molecular weight is 286 g/mol. The Labute approximate surface area is 113 Å². The van der Waals surface area contributed by atoms with Gasteiger partial charge < -0.3 is 10.2 Å². The first-order valence-corrected chi connectivity index (χ1v) is 5.65. The van der Waals surface area contributed by atoms with Gasteiger partial charge in [0.2, 0.25) is 0 Å². The van der Waals surface area contributed by atoms with Gasteiger partial charge in [0.1, 0.15) is 5.75 Å². The highest BCUT2D eigenvalue weighted by molar-refractivity contribution is 6.31. The van der Waals surface area contributed by atoms with Crippen molar-refractivity contribution in [2.75, 3.05) is 5.43 Å². The number of hydrazine groups is 1. The summed E-state index contributed by atoms with van der Waals surface area (Å²) in [6, 6.07) is 5.41. The predicted molar refractivity (Wildman–Crippen MR) is 68.2 cm³/mol. The summed E-state index contributed by atoms with van der Waals surface area (Å²) in [5.41, 5.74) is 2.78. The molecule has 0 bridgehead atoms. The predicted octanol–water partition coefficient (Wildman–Crippen LogP) is 3.40. The summed E-state index contributed by atoms with van der Waals surface area (Å²) < 4.78 is 31.9. The van der Waals surface area contributed by atoms with Crippen LogP contribution in [0, 0.1) is 18.6 Å². The Morgan fingerprint density at radius 2 is 2.00 bits per heavy atom. The zero-order chi connectivity index (χ0) is 14.0. The molecule has 1 aromatic carbocycles. The van der Waals surface area contributed by atoms with Crippen molar-refractivity contribution in [2.45, 2.75) is 6.92 Å². The van der Waals surface area contributed by atoms with E-state index in [1.807, 2.05) is 5.43 Å². The molecule has 0 aliphatic rings. The number of hydrogen-bond donors (Lipinski definition) is 2. The van der Waals surface area contributed by atoms with Crippen molar-refractivity contribution in [1.29, 1.82) is 0 Å². The lowest BCUT2D eigenvalue weighted by atomic mass is 10.2. The smallest absolute Gasteiger partial charge is 0.258 e. The third kappa shape index (κ3) is 2.91. The third-order valence-electron chi connectivity index (χ3n) is 2.38. The number of nitrogen functional groups attached to an aromatic ring is 1. The zero-order valence-corrected chi connectivity index (χ0v) is 10.6. The normalized spacial score (nSPS) is 10.4. The van der Waals surface area contributed by atoms with E-state index in [2.05, 4.69) is 4.98 Å². The molecule has 4 nitrogen and oxygen atoms in total. The molecule has 3 N–H and O–H groups in total. The molecule has 2 rings (SSSR count). The largest absolute Gasteiger partial charge is 0.436 e. The maximum atomic E-state index is 13.5. The molecular formula is C12H10ClF2N3O. The highest BCUT2D eigenvalue weighted by Gasteiger charge is 2.13. The van der Waals surface area contributed by atoms with Gasteiger partial charge in [0.05, 0.1) is 0 Å². The van der Waals surface area contributed by atoms with E-state index in [0.717, 1.165) is 5.56 Å². The summed E-state index contributed by atoms with van der Waals surface area (Å²) in [5.74, 6) is 2.88. The van der Waals surface area contributed by atoms with Crippen molar-refractivity contribution in [3.05, 3.63) is 46.5 Å². The summed E-state index contributed by atoms with van der Waals surface area (Å²) in [6.45, 7) is 1.77. The Morgan fingerprint density at radius 1 is 1.26 bits per heavy atom. The summed E-state index contributed by atoms with van der Waals surface area (Å²) in [5, 5.41) is 0.559. The summed E-state index contributed by atoms with van der Waals surface area (Å²) >= 11 is 5.86. The van der Waals surface area contributed by atoms with Crippen molar-refractivity contribution >= 4 is 17.4 Å². The number of aryl methyl sites for hydroxylation is 1. The molecular weight excluding hydrogens is 276 g/mol. The highest BCUT2D eigenvalue weighted by atomic mass is 35.5. The van der Waals surface area contributed by atoms with Gasteiger partial charge in [-0.25, -0.2) is 14.6 Å². The summed E-state index contributed by atoms with van der Waals surface area (Å²) in [7, 11) is 0. The fourth-order valence-corrected chi connectivity index (χ4v) is 1.53. The quantitative estimate of drug-likeness (QED) is 0.670. The van der Waals surface area contributed by atoms with E-state index < -0.39 is 11.6 Å². The van der Waals surface area contributed by atoms with E-state index in [1.165, 1.54) is 0 Å². The maximum absolute atomic E-state index is 13.5. The van der Waals surface area contributed by atoms with Crippen LogP contribution in [0.1, 0.15) is 5.56 Å². The lowest BCUT2D eigenvalue weighted by Gasteiger charge is -2.09. The van der Waals surface area contributed by atoms with Crippen LogP contribution in [0.3, 0.4) is 0 Å². The van der Waals surface area contributed by atoms with Crippen LogP contribution in [0.4, 0.5) is 14.6 Å². The van der Waals surface area contributed by atoms with Crippen LogP contribution in [-0.4, -0.2) is 4.98 Å². The van der Waals surface area contributed by atoms with Gasteiger partial charge >= 0.3 is 0 Å². The van der Waals surface area contributed by atoms with Crippen LogP contribution in [0.5, 0.6) is 11.6 Å². The van der Waals surface area contributed by atoms with E-state index in [0.29, 0.717) is 16.8 Å². The number of nitrogens with two attached hydrogens (primary N) is 1. The molecule has 100 valence electrons. The van der Waals surface area contributed by atoms with E-state index in [9.17, 15) is 8.78 Å². The molecule has 0 atom stereocenters. The van der Waals surface area contributed by atoms with Gasteiger partial charge in [0.15, 0.2) is 17.5 Å². The molecule has 0 aliphatic heterocycles. The highest BCUT2D eigenvalue weighted by Crippen LogP contribution is 2.28. The molecule has 0 aliphatic carbocycles. The molecule has 0 saturated heterocycles. The molecule has 0 unspecified atom stereocenters. The molecule has 2 aromatic rings. The van der Waals surface area contributed by atoms with E-state index in [-0.39, 0.29) is 11.7 Å². The minimum absolute atomic E-state index is 0.304. The second-order valence-electron chi connectivity index (χ2n) is 3.76. The number of benzene rings is 1. The fourth-order valence-electron chi connectivity index (χ4n) is 1.41. The summed E-state index contributed by atoms with van der Waals surface area (Å²) in [6.07, 6.45) is 0. The van der Waals surface area contributed by atoms with Gasteiger partial charge in [-0.1, -0.05) is 11.6 Å². The second kappa shape index (κ2) is 5.38. The number of nitrogens with zero attached hydrogens (tertiary/aromatic N) is 1. The topological polar surface area (TPSA) is 60.2 Å². The molecule has 1 heterocycles. The zero-order valence-electron chi connectivity index (χ0n) is 9.88. The fraction of sp³-hybridized carbons (Fsp3) is 0.0833. The van der Waals surface area contributed by atoms with Gasteiger partial charge in [-0.05, 0) is 30.7 Å². The Kier molecular flexibility index (Phi) is 3.82. The molecule has 0 saturated carbocycles. The van der Waals surface area contributed by atoms with Crippen molar-refractivity contribution < 1.29 is 13.5 Å². The third-order valence-corrected chi connectivity index (χ3v) is 2.80. The first-order chi connectivity index (χ1) is 9.01. The van der Waals surface area contributed by atoms with Crippen molar-refractivity contribution in [3.63, 3.8) is 0 Å². The minimum Gasteiger partial charge on any atom is -0.436 e. The maximum Gasteiger partial charge on any atom is 0.258 e. The number of pyridine rings is 1. The van der Waals surface area contributed by atoms with Crippen molar-refractivity contribution in [2.24, 2.45) is 5.84 Å². The van der Waals surface area contributed by atoms with Gasteiger partial charge in [-0.3, -0.25) is 0 Å². The molecule has 1 aromatic heterocycles. The first-order valence-electron chi connectivity index (χ1n) is 5.28. The van der Waals surface area contributed by atoms with Crippen LogP contribution in [0.15, 0.2) is 24.3 Å². The van der Waals surface area contributed by atoms with Gasteiger partial charge in [0.25, 0.3) is 5.88 Å². The number of rotatable bonds is 3. The Balaban J connectivity index is 2.34. The Morgan fingerprint density at radius 3 is 2.63 bits per heavy atom. The molecule has 19 heavy (non-hydrogen) atoms. The lowest BCUT2D eigenvalue weighted by molar-refractivity contribution is 0.418. The van der Waals surface area contributed by atoms with E-state index in [4.69, 9.17) is 22.2 Å². The van der Waals surface area contributed by atoms with Gasteiger partial charge in [-0.2, -0.15) is 4.98 Å². The van der Waals surface area contributed by atoms with Crippen LogP contribution in [-0.2, 0) is 0 Å². The number of ether oxygens (including phenoxy) is 1. The average Bonchev–Trinajstić information content (AvgIpc) is 2.37. The second-order valence-corrected chi connectivity index (χ2v) is 4.17. The van der Waals surface area contributed by atoms with Gasteiger partial charge in [-0.15, -0.1) is 0 Å². The SMILES string of the molecule is Cc1cc(Oc2nc(NN)c(F)cc2F)ccc1Cl. The Bertz CT molecular complexity index is 622. The number of aromatic nitrogens is 1. The van der Waals surface area contributed by atoms with Gasteiger partial charge in [0, 0.05) is 11.1 Å². The van der Waals surface area contributed by atoms with Crippen LogP contribution >= 0.6 is 11.6 Å². The van der Waals surface area contributed by atoms with Crippen LogP contribution < -0.4 is 16.0 Å². The first kappa shape index (κ1) is 13.5. The number of hydrogen-bond acceptors (Lipinski definition) is 4. The van der Waals surface area contributed by atoms with Crippen LogP contribution in [0.25, 0.3) is 0 Å². The van der Waals surface area contributed by atoms with Crippen molar-refractivity contribution in [1.82, 2.24) is 4.98 Å². The number of anilines is 1. The molecule has 7 heteroatoms. The van der Waals surface area contributed by atoms with Crippen LogP contribution in [0.2, 0.25) is 5.02 Å². The monoisotopic (exact) mass is 285 g/mol. The Hall–Kier alpha value is -1.92.